The molecule has 1 saturated heterocycles. The first kappa shape index (κ1) is 8.63. The molecule has 0 aliphatic carbocycles. The summed E-state index contributed by atoms with van der Waals surface area (Å²) in [4.78, 5) is 11.5. The molecule has 0 amide bonds. The largest absolute Gasteiger partial charge is 0.328 e. The highest BCUT2D eigenvalue weighted by molar-refractivity contribution is 5.83. The lowest BCUT2D eigenvalue weighted by molar-refractivity contribution is -0.485. The summed E-state index contributed by atoms with van der Waals surface area (Å²) in [6, 6.07) is 0. The van der Waals surface area contributed by atoms with Gasteiger partial charge in [0.05, 0.1) is 0 Å². The summed E-state index contributed by atoms with van der Waals surface area (Å²) in [6.45, 7) is 0. The molecule has 1 fully saturated rings. The van der Waals surface area contributed by atoms with Crippen LogP contribution in [0.1, 0.15) is 0 Å². The molecule has 2 aliphatic rings. The quantitative estimate of drug-likeness (QED) is 0.291. The molecule has 3 heterocycles. The molecular weight excluding hydrogens is 220 g/mol. The van der Waals surface area contributed by atoms with Gasteiger partial charge in [-0.05, 0) is 10.4 Å². The Morgan fingerprint density at radius 1 is 1.38 bits per heavy atom. The SMILES string of the molecule is O=[N+]([O-])/N=C1\N[C@@H]2Nc3nnnn3N[C@@H]2N1. The molecule has 0 saturated carbocycles. The Hall–Kier alpha value is -2.66. The number of fused-ring (bicyclic) bond motifs is 2. The fourth-order valence-corrected chi connectivity index (χ4v) is 1.50. The number of aromatic nitrogens is 4. The second kappa shape index (κ2) is 2.91. The second-order valence-corrected chi connectivity index (χ2v) is 3.12. The summed E-state index contributed by atoms with van der Waals surface area (Å²) >= 11 is 0. The molecule has 2 atom stereocenters. The Bertz CT molecular complexity index is 435. The van der Waals surface area contributed by atoms with E-state index in [4.69, 9.17) is 0 Å². The Morgan fingerprint density at radius 2 is 2.19 bits per heavy atom. The molecule has 0 bridgehead atoms. The van der Waals surface area contributed by atoms with Crippen molar-refractivity contribution in [2.75, 3.05) is 10.7 Å². The Labute approximate surface area is 87.2 Å². The van der Waals surface area contributed by atoms with Gasteiger partial charge in [0, 0.05) is 0 Å². The zero-order chi connectivity index (χ0) is 11.1. The number of anilines is 1. The third-order valence-corrected chi connectivity index (χ3v) is 2.11. The van der Waals surface area contributed by atoms with E-state index in [2.05, 4.69) is 42.0 Å². The van der Waals surface area contributed by atoms with Crippen molar-refractivity contribution in [1.82, 2.24) is 30.9 Å². The highest BCUT2D eigenvalue weighted by Crippen LogP contribution is 2.11. The van der Waals surface area contributed by atoms with Crippen LogP contribution in [-0.2, 0) is 0 Å². The highest BCUT2D eigenvalue weighted by atomic mass is 16.7. The molecule has 84 valence electrons. The van der Waals surface area contributed by atoms with Gasteiger partial charge in [-0.3, -0.25) is 5.43 Å². The first-order valence-electron chi connectivity index (χ1n) is 4.30. The zero-order valence-corrected chi connectivity index (χ0v) is 7.65. The number of rotatable bonds is 1. The standard InChI is InChI=1S/C4H6N10O2/c15-14(16)10-3-5-1-2(6-3)9-13-4(7-1)8-11-12-13/h1-2,9H,(H2,5,6,10)(H,7,8,12)/t1-,2+/m1/s1. The number of nitrogens with zero attached hydrogens (tertiary/aromatic N) is 6. The maximum absolute atomic E-state index is 10.2. The molecule has 0 spiro atoms. The molecule has 4 N–H and O–H groups in total. The fraction of sp³-hybridized carbons (Fsp3) is 0.500. The highest BCUT2D eigenvalue weighted by Gasteiger charge is 2.37. The minimum Gasteiger partial charge on any atom is -0.328 e. The van der Waals surface area contributed by atoms with Crippen LogP contribution in [0.3, 0.4) is 0 Å². The van der Waals surface area contributed by atoms with Crippen molar-refractivity contribution in [3.8, 4) is 0 Å². The van der Waals surface area contributed by atoms with E-state index in [-0.39, 0.29) is 18.3 Å². The molecule has 0 unspecified atom stereocenters. The van der Waals surface area contributed by atoms with Gasteiger partial charge < -0.3 is 16.0 Å². The Balaban J connectivity index is 1.81. The number of hydrogen-bond donors (Lipinski definition) is 4. The lowest BCUT2D eigenvalue weighted by Crippen LogP contribution is -2.52. The van der Waals surface area contributed by atoms with E-state index in [1.54, 1.807) is 0 Å². The maximum Gasteiger partial charge on any atom is 0.272 e. The normalized spacial score (nSPS) is 28.1. The third-order valence-electron chi connectivity index (χ3n) is 2.11. The van der Waals surface area contributed by atoms with Crippen molar-refractivity contribution >= 4 is 11.9 Å². The van der Waals surface area contributed by atoms with Gasteiger partial charge in [0.25, 0.3) is 11.9 Å². The van der Waals surface area contributed by atoms with E-state index in [0.29, 0.717) is 5.95 Å². The van der Waals surface area contributed by atoms with Crippen LogP contribution in [0.15, 0.2) is 5.10 Å². The minimum atomic E-state index is -0.787. The van der Waals surface area contributed by atoms with Crippen LogP contribution in [0, 0.1) is 10.1 Å². The zero-order valence-electron chi connectivity index (χ0n) is 7.65. The van der Waals surface area contributed by atoms with Crippen molar-refractivity contribution in [3.05, 3.63) is 10.1 Å². The summed E-state index contributed by atoms with van der Waals surface area (Å²) in [5.41, 5.74) is 2.88. The Kier molecular flexibility index (Phi) is 1.57. The van der Waals surface area contributed by atoms with Crippen molar-refractivity contribution in [2.45, 2.75) is 12.3 Å². The fourth-order valence-electron chi connectivity index (χ4n) is 1.50. The van der Waals surface area contributed by atoms with Crippen LogP contribution in [0.4, 0.5) is 5.95 Å². The van der Waals surface area contributed by atoms with Gasteiger partial charge in [0.15, 0.2) is 11.2 Å². The number of hydrazone groups is 1. The Morgan fingerprint density at radius 3 is 3.00 bits per heavy atom. The number of guanidine groups is 1. The van der Waals surface area contributed by atoms with Crippen molar-refractivity contribution in [3.63, 3.8) is 0 Å². The van der Waals surface area contributed by atoms with Gasteiger partial charge in [-0.2, -0.15) is 0 Å². The molecule has 0 radical (unpaired) electrons. The summed E-state index contributed by atoms with van der Waals surface area (Å²) in [6.07, 6.45) is -0.633. The van der Waals surface area contributed by atoms with Gasteiger partial charge in [-0.25, -0.2) is 10.1 Å². The summed E-state index contributed by atoms with van der Waals surface area (Å²) in [5.74, 6) is 0.483. The van der Waals surface area contributed by atoms with Crippen LogP contribution in [-0.4, -0.2) is 43.6 Å². The maximum atomic E-state index is 10.2. The van der Waals surface area contributed by atoms with Crippen molar-refractivity contribution < 1.29 is 5.03 Å². The average molecular weight is 226 g/mol. The molecule has 16 heavy (non-hydrogen) atoms. The summed E-state index contributed by atoms with van der Waals surface area (Å²) in [5, 5.41) is 31.8. The van der Waals surface area contributed by atoms with Gasteiger partial charge in [-0.15, -0.1) is 4.79 Å². The molecule has 12 nitrogen and oxygen atoms in total. The van der Waals surface area contributed by atoms with Gasteiger partial charge >= 0.3 is 0 Å². The van der Waals surface area contributed by atoms with E-state index in [9.17, 15) is 10.1 Å². The van der Waals surface area contributed by atoms with Crippen LogP contribution >= 0.6 is 0 Å². The van der Waals surface area contributed by atoms with Crippen LogP contribution in [0.5, 0.6) is 0 Å². The summed E-state index contributed by atoms with van der Waals surface area (Å²) < 4.78 is 0. The molecule has 0 aromatic carbocycles. The van der Waals surface area contributed by atoms with Gasteiger partial charge in [-0.1, -0.05) is 5.10 Å². The lowest BCUT2D eigenvalue weighted by Gasteiger charge is -2.26. The van der Waals surface area contributed by atoms with E-state index < -0.39 is 5.03 Å². The van der Waals surface area contributed by atoms with Crippen LogP contribution < -0.4 is 21.4 Å². The first-order chi connectivity index (χ1) is 7.72. The van der Waals surface area contributed by atoms with Gasteiger partial charge in [0.1, 0.15) is 11.3 Å². The molecular formula is C4H6N10O2. The van der Waals surface area contributed by atoms with E-state index >= 15 is 0 Å². The lowest BCUT2D eigenvalue weighted by atomic mass is 10.4. The van der Waals surface area contributed by atoms with Crippen molar-refractivity contribution in [1.29, 1.82) is 0 Å². The topological polar surface area (TPSA) is 147 Å². The monoisotopic (exact) mass is 226 g/mol. The number of hydrogen-bond acceptors (Lipinski definition) is 7. The smallest absolute Gasteiger partial charge is 0.272 e. The average Bonchev–Trinajstić information content (AvgIpc) is 2.76. The van der Waals surface area contributed by atoms with Crippen LogP contribution in [0.25, 0.3) is 0 Å². The van der Waals surface area contributed by atoms with E-state index in [0.717, 1.165) is 0 Å². The van der Waals surface area contributed by atoms with E-state index in [1.807, 2.05) is 0 Å². The minimum absolute atomic E-state index is 0.0683. The number of tetrazole rings is 1. The van der Waals surface area contributed by atoms with Crippen molar-refractivity contribution in [2.24, 2.45) is 5.10 Å². The van der Waals surface area contributed by atoms with Gasteiger partial charge in [0.2, 0.25) is 0 Å². The van der Waals surface area contributed by atoms with E-state index in [1.165, 1.54) is 4.79 Å². The predicted octanol–water partition coefficient (Wildman–Crippen LogP) is -2.97. The first-order valence-corrected chi connectivity index (χ1v) is 4.30. The van der Waals surface area contributed by atoms with Crippen LogP contribution in [0.2, 0.25) is 0 Å². The molecule has 1 aromatic heterocycles. The summed E-state index contributed by atoms with van der Waals surface area (Å²) in [7, 11) is 0. The predicted molar refractivity (Wildman–Crippen MR) is 49.1 cm³/mol. The molecule has 1 aromatic rings. The number of nitrogens with one attached hydrogen (secondary N) is 4. The number of nitro groups is 1. The molecule has 3 rings (SSSR count). The third kappa shape index (κ3) is 1.23. The molecule has 12 heteroatoms. The second-order valence-electron chi connectivity index (χ2n) is 3.12. The molecule has 2 aliphatic heterocycles.